The van der Waals surface area contributed by atoms with Gasteiger partial charge in [0.1, 0.15) is 0 Å². The summed E-state index contributed by atoms with van der Waals surface area (Å²) in [7, 11) is 0. The Morgan fingerprint density at radius 2 is 1.83 bits per heavy atom. The summed E-state index contributed by atoms with van der Waals surface area (Å²) in [5.74, 6) is 0.957. The molecule has 0 aromatic rings. The largest absolute Gasteiger partial charge is 0.376 e. The van der Waals surface area contributed by atoms with Gasteiger partial charge in [0.15, 0.2) is 0 Å². The Balaban J connectivity index is 2.36. The maximum absolute atomic E-state index is 6.05. The second kappa shape index (κ2) is 6.91. The summed E-state index contributed by atoms with van der Waals surface area (Å²) in [4.78, 5) is 0. The molecule has 0 amide bonds. The molecule has 0 aliphatic heterocycles. The fraction of sp³-hybridized carbons (Fsp3) is 1.00. The van der Waals surface area contributed by atoms with Crippen LogP contribution < -0.4 is 5.73 Å². The zero-order valence-electron chi connectivity index (χ0n) is 12.9. The molecule has 2 nitrogen and oxygen atoms in total. The van der Waals surface area contributed by atoms with Crippen LogP contribution in [0.4, 0.5) is 0 Å². The van der Waals surface area contributed by atoms with Crippen LogP contribution in [0.1, 0.15) is 72.6 Å². The minimum Gasteiger partial charge on any atom is -0.376 e. The van der Waals surface area contributed by atoms with Crippen molar-refractivity contribution in [2.75, 3.05) is 13.2 Å². The van der Waals surface area contributed by atoms with E-state index in [1.807, 2.05) is 0 Å². The standard InChI is InChI=1S/C16H33NO/c1-5-6-14-7-9-16(13-17,10-8-14)11-12-18-15(2,3)4/h14H,5-13,17H2,1-4H3. The third-order valence-corrected chi connectivity index (χ3v) is 4.46. The molecule has 0 aromatic heterocycles. The van der Waals surface area contributed by atoms with E-state index in [0.717, 1.165) is 25.5 Å². The van der Waals surface area contributed by atoms with Gasteiger partial charge in [0.25, 0.3) is 0 Å². The Bertz CT molecular complexity index is 224. The second-order valence-electron chi connectivity index (χ2n) is 7.15. The topological polar surface area (TPSA) is 35.2 Å². The molecular formula is C16H33NO. The summed E-state index contributed by atoms with van der Waals surface area (Å²) in [5.41, 5.74) is 6.40. The Labute approximate surface area is 114 Å². The molecule has 0 heterocycles. The SMILES string of the molecule is CCCC1CCC(CN)(CCOC(C)(C)C)CC1. The first-order valence-electron chi connectivity index (χ1n) is 7.75. The maximum Gasteiger partial charge on any atom is 0.0598 e. The molecule has 1 aliphatic rings. The summed E-state index contributed by atoms with van der Waals surface area (Å²) in [5, 5.41) is 0. The van der Waals surface area contributed by atoms with E-state index in [-0.39, 0.29) is 5.60 Å². The van der Waals surface area contributed by atoms with E-state index in [1.54, 1.807) is 0 Å². The molecule has 0 spiro atoms. The van der Waals surface area contributed by atoms with Gasteiger partial charge in [-0.1, -0.05) is 19.8 Å². The van der Waals surface area contributed by atoms with Gasteiger partial charge in [-0.3, -0.25) is 0 Å². The van der Waals surface area contributed by atoms with Crippen molar-refractivity contribution in [1.29, 1.82) is 0 Å². The van der Waals surface area contributed by atoms with Crippen molar-refractivity contribution in [3.8, 4) is 0 Å². The Hall–Kier alpha value is -0.0800. The molecule has 1 fully saturated rings. The van der Waals surface area contributed by atoms with E-state index < -0.39 is 0 Å². The number of hydrogen-bond acceptors (Lipinski definition) is 2. The van der Waals surface area contributed by atoms with Crippen molar-refractivity contribution in [2.45, 2.75) is 78.2 Å². The lowest BCUT2D eigenvalue weighted by Crippen LogP contribution is -2.36. The lowest BCUT2D eigenvalue weighted by atomic mass is 9.68. The van der Waals surface area contributed by atoms with Crippen LogP contribution in [-0.4, -0.2) is 18.8 Å². The van der Waals surface area contributed by atoms with Crippen molar-refractivity contribution in [3.05, 3.63) is 0 Å². The average molecular weight is 255 g/mol. The lowest BCUT2D eigenvalue weighted by molar-refractivity contribution is -0.0247. The first-order chi connectivity index (χ1) is 8.41. The van der Waals surface area contributed by atoms with Crippen LogP contribution in [0.25, 0.3) is 0 Å². The molecule has 0 unspecified atom stereocenters. The minimum absolute atomic E-state index is 0.0186. The van der Waals surface area contributed by atoms with Crippen LogP contribution in [0.15, 0.2) is 0 Å². The highest BCUT2D eigenvalue weighted by molar-refractivity contribution is 4.86. The van der Waals surface area contributed by atoms with E-state index >= 15 is 0 Å². The van der Waals surface area contributed by atoms with Crippen LogP contribution in [0.5, 0.6) is 0 Å². The molecule has 1 aliphatic carbocycles. The highest BCUT2D eigenvalue weighted by atomic mass is 16.5. The molecule has 1 rings (SSSR count). The highest BCUT2D eigenvalue weighted by Gasteiger charge is 2.33. The number of nitrogens with two attached hydrogens (primary N) is 1. The van der Waals surface area contributed by atoms with Crippen LogP contribution in [0, 0.1) is 11.3 Å². The summed E-state index contributed by atoms with van der Waals surface area (Å²) < 4.78 is 5.88. The zero-order valence-corrected chi connectivity index (χ0v) is 12.9. The Morgan fingerprint density at radius 3 is 2.28 bits per heavy atom. The molecule has 2 heteroatoms. The number of ether oxygens (including phenoxy) is 1. The van der Waals surface area contributed by atoms with Gasteiger partial charge in [0.05, 0.1) is 5.60 Å². The van der Waals surface area contributed by atoms with Crippen molar-refractivity contribution >= 4 is 0 Å². The van der Waals surface area contributed by atoms with Crippen LogP contribution in [0.3, 0.4) is 0 Å². The van der Waals surface area contributed by atoms with E-state index in [4.69, 9.17) is 10.5 Å². The monoisotopic (exact) mass is 255 g/mol. The molecule has 18 heavy (non-hydrogen) atoms. The van der Waals surface area contributed by atoms with Crippen LogP contribution in [0.2, 0.25) is 0 Å². The predicted octanol–water partition coefficient (Wildman–Crippen LogP) is 4.13. The molecule has 0 aromatic carbocycles. The molecule has 0 atom stereocenters. The predicted molar refractivity (Wildman–Crippen MR) is 78.7 cm³/mol. The van der Waals surface area contributed by atoms with E-state index in [0.29, 0.717) is 5.41 Å². The molecule has 2 N–H and O–H groups in total. The van der Waals surface area contributed by atoms with Crippen molar-refractivity contribution < 1.29 is 4.74 Å². The molecule has 0 bridgehead atoms. The molecule has 0 radical (unpaired) electrons. The summed E-state index contributed by atoms with van der Waals surface area (Å²) in [6.07, 6.45) is 9.23. The first kappa shape index (κ1) is 16.0. The minimum atomic E-state index is -0.0186. The zero-order chi connectivity index (χ0) is 13.6. The van der Waals surface area contributed by atoms with Crippen molar-refractivity contribution in [1.82, 2.24) is 0 Å². The van der Waals surface area contributed by atoms with Gasteiger partial charge in [0, 0.05) is 6.61 Å². The van der Waals surface area contributed by atoms with Crippen LogP contribution in [-0.2, 0) is 4.74 Å². The van der Waals surface area contributed by atoms with E-state index in [9.17, 15) is 0 Å². The fourth-order valence-corrected chi connectivity index (χ4v) is 3.12. The van der Waals surface area contributed by atoms with E-state index in [2.05, 4.69) is 27.7 Å². The average Bonchev–Trinajstić information content (AvgIpc) is 2.30. The Kier molecular flexibility index (Phi) is 6.13. The quantitative estimate of drug-likeness (QED) is 0.774. The van der Waals surface area contributed by atoms with Crippen molar-refractivity contribution in [2.24, 2.45) is 17.1 Å². The van der Waals surface area contributed by atoms with Gasteiger partial charge >= 0.3 is 0 Å². The summed E-state index contributed by atoms with van der Waals surface area (Å²) >= 11 is 0. The van der Waals surface area contributed by atoms with Gasteiger partial charge < -0.3 is 10.5 Å². The number of hydrogen-bond donors (Lipinski definition) is 1. The van der Waals surface area contributed by atoms with Gasteiger partial charge in [-0.15, -0.1) is 0 Å². The normalized spacial score (nSPS) is 29.5. The first-order valence-corrected chi connectivity index (χ1v) is 7.75. The van der Waals surface area contributed by atoms with Gasteiger partial charge in [-0.05, 0) is 70.8 Å². The molecule has 0 saturated heterocycles. The van der Waals surface area contributed by atoms with Gasteiger partial charge in [-0.25, -0.2) is 0 Å². The van der Waals surface area contributed by atoms with Crippen molar-refractivity contribution in [3.63, 3.8) is 0 Å². The highest BCUT2D eigenvalue weighted by Crippen LogP contribution is 2.42. The maximum atomic E-state index is 6.05. The van der Waals surface area contributed by atoms with Gasteiger partial charge in [-0.2, -0.15) is 0 Å². The summed E-state index contributed by atoms with van der Waals surface area (Å²) in [6.45, 7) is 10.4. The van der Waals surface area contributed by atoms with Crippen LogP contribution >= 0.6 is 0 Å². The molecule has 1 saturated carbocycles. The second-order valence-corrected chi connectivity index (χ2v) is 7.15. The summed E-state index contributed by atoms with van der Waals surface area (Å²) in [6, 6.07) is 0. The molecule has 108 valence electrons. The number of rotatable bonds is 6. The molecular weight excluding hydrogens is 222 g/mol. The van der Waals surface area contributed by atoms with E-state index in [1.165, 1.54) is 38.5 Å². The third kappa shape index (κ3) is 5.27. The fourth-order valence-electron chi connectivity index (χ4n) is 3.12. The lowest BCUT2D eigenvalue weighted by Gasteiger charge is -2.40. The smallest absolute Gasteiger partial charge is 0.0598 e. The Morgan fingerprint density at radius 1 is 1.22 bits per heavy atom. The van der Waals surface area contributed by atoms with Gasteiger partial charge in [0.2, 0.25) is 0 Å². The third-order valence-electron chi connectivity index (χ3n) is 4.46.